The number of halogens is 1. The smallest absolute Gasteiger partial charge is 0.341 e. The highest BCUT2D eigenvalue weighted by Crippen LogP contribution is 2.40. The molecular formula is C22H19ClN2O5S. The lowest BCUT2D eigenvalue weighted by molar-refractivity contribution is -0.119. The van der Waals surface area contributed by atoms with Crippen LogP contribution in [-0.2, 0) is 14.3 Å². The highest BCUT2D eigenvalue weighted by Gasteiger charge is 2.25. The Labute approximate surface area is 188 Å². The molecule has 0 fully saturated rings. The summed E-state index contributed by atoms with van der Waals surface area (Å²) in [7, 11) is 0. The minimum atomic E-state index is -0.772. The van der Waals surface area contributed by atoms with Crippen molar-refractivity contribution in [3.8, 4) is 11.1 Å². The second-order valence-electron chi connectivity index (χ2n) is 6.29. The van der Waals surface area contributed by atoms with Crippen LogP contribution in [0.25, 0.3) is 11.1 Å². The molecule has 3 aromatic rings. The summed E-state index contributed by atoms with van der Waals surface area (Å²) < 4.78 is 10.2. The van der Waals surface area contributed by atoms with E-state index in [4.69, 9.17) is 21.1 Å². The highest BCUT2D eigenvalue weighted by molar-refractivity contribution is 7.17. The fourth-order valence-electron chi connectivity index (χ4n) is 2.89. The minimum absolute atomic E-state index is 0.0149. The zero-order valence-electron chi connectivity index (χ0n) is 16.8. The quantitative estimate of drug-likeness (QED) is 0.405. The van der Waals surface area contributed by atoms with Gasteiger partial charge in [0.1, 0.15) is 15.7 Å². The van der Waals surface area contributed by atoms with E-state index in [1.165, 1.54) is 29.7 Å². The number of esters is 2. The molecular weight excluding hydrogens is 440 g/mol. The third kappa shape index (κ3) is 5.28. The van der Waals surface area contributed by atoms with Crippen LogP contribution in [0.4, 0.5) is 5.00 Å². The van der Waals surface area contributed by atoms with Gasteiger partial charge in [-0.3, -0.25) is 4.79 Å². The molecule has 1 amide bonds. The fraction of sp³-hybridized carbons (Fsp3) is 0.182. The average molecular weight is 459 g/mol. The van der Waals surface area contributed by atoms with Crippen LogP contribution in [0.1, 0.15) is 32.5 Å². The van der Waals surface area contributed by atoms with Gasteiger partial charge in [0.05, 0.1) is 12.2 Å². The van der Waals surface area contributed by atoms with E-state index >= 15 is 0 Å². The maximum atomic E-state index is 12.7. The number of anilines is 1. The number of carbonyl (C=O) groups excluding carboxylic acids is 3. The molecule has 0 radical (unpaired) electrons. The Kier molecular flexibility index (Phi) is 7.38. The number of carbonyl (C=O) groups is 3. The summed E-state index contributed by atoms with van der Waals surface area (Å²) in [6.45, 7) is 3.21. The first-order chi connectivity index (χ1) is 14.9. The molecule has 0 aliphatic rings. The van der Waals surface area contributed by atoms with Crippen LogP contribution in [0.3, 0.4) is 0 Å². The van der Waals surface area contributed by atoms with Gasteiger partial charge in [0, 0.05) is 16.6 Å². The lowest BCUT2D eigenvalue weighted by Crippen LogP contribution is -2.22. The van der Waals surface area contributed by atoms with Crippen molar-refractivity contribution in [2.45, 2.75) is 13.8 Å². The summed E-state index contributed by atoms with van der Waals surface area (Å²) in [5.74, 6) is -1.91. The van der Waals surface area contributed by atoms with Gasteiger partial charge in [-0.15, -0.1) is 11.3 Å². The van der Waals surface area contributed by atoms with Crippen molar-refractivity contribution < 1.29 is 23.9 Å². The molecule has 7 nitrogen and oxygen atoms in total. The molecule has 0 spiro atoms. The number of amides is 1. The molecule has 31 heavy (non-hydrogen) atoms. The maximum Gasteiger partial charge on any atom is 0.341 e. The van der Waals surface area contributed by atoms with E-state index in [1.807, 2.05) is 37.3 Å². The number of benzene rings is 1. The largest absolute Gasteiger partial charge is 0.462 e. The second-order valence-corrected chi connectivity index (χ2v) is 7.87. The van der Waals surface area contributed by atoms with Gasteiger partial charge in [-0.25, -0.2) is 14.6 Å². The predicted molar refractivity (Wildman–Crippen MR) is 119 cm³/mol. The van der Waals surface area contributed by atoms with Crippen LogP contribution in [0.2, 0.25) is 5.15 Å². The lowest BCUT2D eigenvalue weighted by atomic mass is 10.0. The van der Waals surface area contributed by atoms with E-state index in [9.17, 15) is 14.4 Å². The van der Waals surface area contributed by atoms with Gasteiger partial charge in [-0.2, -0.15) is 0 Å². The van der Waals surface area contributed by atoms with Gasteiger partial charge in [-0.1, -0.05) is 41.9 Å². The molecule has 1 aromatic carbocycles. The molecule has 160 valence electrons. The van der Waals surface area contributed by atoms with Crippen molar-refractivity contribution in [1.82, 2.24) is 4.98 Å². The normalized spacial score (nSPS) is 10.4. The Morgan fingerprint density at radius 1 is 1.06 bits per heavy atom. The number of aromatic nitrogens is 1. The molecule has 0 saturated heterocycles. The van der Waals surface area contributed by atoms with Crippen molar-refractivity contribution in [3.05, 3.63) is 69.8 Å². The van der Waals surface area contributed by atoms with Crippen LogP contribution in [0.5, 0.6) is 0 Å². The molecule has 0 atom stereocenters. The SMILES string of the molecule is CCOC(=O)c1c(NC(=O)COC(=O)c2cccnc2Cl)sc(C)c1-c1ccccc1. The van der Waals surface area contributed by atoms with Crippen LogP contribution in [0, 0.1) is 6.92 Å². The Morgan fingerprint density at radius 2 is 1.81 bits per heavy atom. The number of pyridine rings is 1. The molecule has 0 unspecified atom stereocenters. The lowest BCUT2D eigenvalue weighted by Gasteiger charge is -2.09. The summed E-state index contributed by atoms with van der Waals surface area (Å²) in [4.78, 5) is 41.9. The number of thiophene rings is 1. The van der Waals surface area contributed by atoms with Crippen LogP contribution < -0.4 is 5.32 Å². The molecule has 3 rings (SSSR count). The van der Waals surface area contributed by atoms with Gasteiger partial charge in [0.25, 0.3) is 5.91 Å². The van der Waals surface area contributed by atoms with E-state index in [2.05, 4.69) is 10.3 Å². The number of aryl methyl sites for hydroxylation is 1. The fourth-order valence-corrected chi connectivity index (χ4v) is 4.17. The molecule has 0 saturated carbocycles. The third-order valence-electron chi connectivity index (χ3n) is 4.19. The molecule has 1 N–H and O–H groups in total. The number of hydrogen-bond donors (Lipinski definition) is 1. The Balaban J connectivity index is 1.80. The van der Waals surface area contributed by atoms with E-state index in [-0.39, 0.29) is 22.9 Å². The molecule has 0 aliphatic carbocycles. The first kappa shape index (κ1) is 22.5. The van der Waals surface area contributed by atoms with Gasteiger partial charge in [0.15, 0.2) is 6.61 Å². The molecule has 2 aromatic heterocycles. The molecule has 0 aliphatic heterocycles. The van der Waals surface area contributed by atoms with E-state index < -0.39 is 24.5 Å². The highest BCUT2D eigenvalue weighted by atomic mass is 35.5. The van der Waals surface area contributed by atoms with Crippen molar-refractivity contribution in [2.24, 2.45) is 0 Å². The summed E-state index contributed by atoms with van der Waals surface area (Å²) in [6.07, 6.45) is 1.44. The zero-order valence-corrected chi connectivity index (χ0v) is 18.4. The Morgan fingerprint density at radius 3 is 2.48 bits per heavy atom. The predicted octanol–water partition coefficient (Wildman–Crippen LogP) is 4.74. The number of nitrogens with zero attached hydrogens (tertiary/aromatic N) is 1. The van der Waals surface area contributed by atoms with Crippen LogP contribution >= 0.6 is 22.9 Å². The third-order valence-corrected chi connectivity index (χ3v) is 5.51. The summed E-state index contributed by atoms with van der Waals surface area (Å²) in [5.41, 5.74) is 1.85. The Bertz CT molecular complexity index is 1110. The standard InChI is InChI=1S/C22H19ClN2O5S/c1-3-29-22(28)18-17(14-8-5-4-6-9-14)13(2)31-20(18)25-16(26)12-30-21(27)15-10-7-11-24-19(15)23/h4-11H,3,12H2,1-2H3,(H,25,26). The number of rotatable bonds is 7. The van der Waals surface area contributed by atoms with Gasteiger partial charge in [-0.05, 0) is 31.5 Å². The van der Waals surface area contributed by atoms with Gasteiger partial charge in [0.2, 0.25) is 0 Å². The first-order valence-electron chi connectivity index (χ1n) is 9.35. The van der Waals surface area contributed by atoms with Gasteiger partial charge < -0.3 is 14.8 Å². The van der Waals surface area contributed by atoms with Crippen molar-refractivity contribution >= 4 is 45.8 Å². The molecule has 0 bridgehead atoms. The summed E-state index contributed by atoms with van der Waals surface area (Å²) in [6, 6.07) is 12.3. The van der Waals surface area contributed by atoms with Crippen molar-refractivity contribution in [2.75, 3.05) is 18.5 Å². The number of ether oxygens (including phenoxy) is 2. The number of nitrogens with one attached hydrogen (secondary N) is 1. The zero-order chi connectivity index (χ0) is 22.4. The molecule has 9 heteroatoms. The van der Waals surface area contributed by atoms with Crippen molar-refractivity contribution in [1.29, 1.82) is 0 Å². The van der Waals surface area contributed by atoms with Crippen LogP contribution in [0.15, 0.2) is 48.7 Å². The minimum Gasteiger partial charge on any atom is -0.462 e. The monoisotopic (exact) mass is 458 g/mol. The number of hydrogen-bond acceptors (Lipinski definition) is 7. The molecule has 2 heterocycles. The second kappa shape index (κ2) is 10.2. The van der Waals surface area contributed by atoms with E-state index in [1.54, 1.807) is 6.92 Å². The van der Waals surface area contributed by atoms with Gasteiger partial charge >= 0.3 is 11.9 Å². The summed E-state index contributed by atoms with van der Waals surface area (Å²) in [5, 5.41) is 2.97. The van der Waals surface area contributed by atoms with E-state index in [0.717, 1.165) is 10.4 Å². The van der Waals surface area contributed by atoms with Crippen LogP contribution in [-0.4, -0.2) is 36.0 Å². The van der Waals surface area contributed by atoms with Crippen molar-refractivity contribution in [3.63, 3.8) is 0 Å². The van der Waals surface area contributed by atoms with E-state index in [0.29, 0.717) is 10.6 Å². The maximum absolute atomic E-state index is 12.7. The average Bonchev–Trinajstić information content (AvgIpc) is 3.08. The Hall–Kier alpha value is -3.23. The topological polar surface area (TPSA) is 94.6 Å². The first-order valence-corrected chi connectivity index (χ1v) is 10.5. The summed E-state index contributed by atoms with van der Waals surface area (Å²) >= 11 is 7.11.